The highest BCUT2D eigenvalue weighted by atomic mass is 35.5. The van der Waals surface area contributed by atoms with Crippen LogP contribution in [0.3, 0.4) is 0 Å². The van der Waals surface area contributed by atoms with Gasteiger partial charge in [0, 0.05) is 30.0 Å². The molecule has 11 heteroatoms. The van der Waals surface area contributed by atoms with E-state index in [1.54, 1.807) is 24.2 Å². The van der Waals surface area contributed by atoms with Crippen molar-refractivity contribution >= 4 is 58.8 Å². The first-order valence-corrected chi connectivity index (χ1v) is 12.7. The molecule has 8 nitrogen and oxygen atoms in total. The lowest BCUT2D eigenvalue weighted by molar-refractivity contribution is -0.144. The van der Waals surface area contributed by atoms with Gasteiger partial charge in [-0.2, -0.15) is 0 Å². The number of hydrogen-bond donors (Lipinski definition) is 3. The molecule has 2 aromatic carbocycles. The number of nitrogens with one attached hydrogen (secondary N) is 1. The Labute approximate surface area is 223 Å². The van der Waals surface area contributed by atoms with Crippen molar-refractivity contribution in [2.75, 3.05) is 26.8 Å². The molecule has 1 fully saturated rings. The Kier molecular flexibility index (Phi) is 10.1. The third kappa shape index (κ3) is 6.94. The molecule has 0 aromatic heterocycles. The zero-order valence-electron chi connectivity index (χ0n) is 19.4. The van der Waals surface area contributed by atoms with E-state index in [4.69, 9.17) is 38.2 Å². The van der Waals surface area contributed by atoms with Crippen molar-refractivity contribution in [1.29, 1.82) is 0 Å². The second kappa shape index (κ2) is 13.0. The third-order valence-corrected chi connectivity index (χ3v) is 7.87. The number of nitrogens with zero attached hydrogens (tertiary/aromatic N) is 1. The lowest BCUT2D eigenvalue weighted by Gasteiger charge is -2.31. The first-order valence-electron chi connectivity index (χ1n) is 11.1. The molecule has 0 radical (unpaired) electrons. The molecule has 0 spiro atoms. The lowest BCUT2D eigenvalue weighted by atomic mass is 9.95. The van der Waals surface area contributed by atoms with Crippen LogP contribution in [-0.2, 0) is 14.4 Å². The van der Waals surface area contributed by atoms with Gasteiger partial charge < -0.3 is 25.2 Å². The minimum absolute atomic E-state index is 0.229. The van der Waals surface area contributed by atoms with Gasteiger partial charge >= 0.3 is 5.97 Å². The molecule has 2 aromatic rings. The predicted octanol–water partition coefficient (Wildman–Crippen LogP) is 3.97. The molecule has 1 saturated heterocycles. The van der Waals surface area contributed by atoms with Gasteiger partial charge in [-0.1, -0.05) is 53.2 Å². The summed E-state index contributed by atoms with van der Waals surface area (Å²) in [5.74, 6) is -1.67. The predicted molar refractivity (Wildman–Crippen MR) is 139 cm³/mol. The Morgan fingerprint density at radius 1 is 1.14 bits per heavy atom. The van der Waals surface area contributed by atoms with Gasteiger partial charge in [0.15, 0.2) is 0 Å². The summed E-state index contributed by atoms with van der Waals surface area (Å²) in [6, 6.07) is 9.84. The summed E-state index contributed by atoms with van der Waals surface area (Å²) in [5.41, 5.74) is 0.595. The average Bonchev–Trinajstić information content (AvgIpc) is 2.89. The molecule has 192 valence electrons. The molecule has 0 bridgehead atoms. The van der Waals surface area contributed by atoms with E-state index in [2.05, 4.69) is 5.32 Å². The number of hydrogen-bond acceptors (Lipinski definition) is 6. The highest BCUT2D eigenvalue weighted by molar-refractivity contribution is 7.99. The zero-order valence-corrected chi connectivity index (χ0v) is 21.8. The summed E-state index contributed by atoms with van der Waals surface area (Å²) in [6.45, 7) is 0.0120. The van der Waals surface area contributed by atoms with Crippen molar-refractivity contribution in [3.8, 4) is 5.75 Å². The van der Waals surface area contributed by atoms with Crippen LogP contribution in [-0.4, -0.2) is 65.7 Å². The first-order chi connectivity index (χ1) is 17.2. The molecule has 3 N–H and O–H groups in total. The maximum Gasteiger partial charge on any atom is 0.328 e. The van der Waals surface area contributed by atoms with Crippen molar-refractivity contribution in [3.63, 3.8) is 0 Å². The minimum Gasteiger partial charge on any atom is -0.496 e. The van der Waals surface area contributed by atoms with Crippen LogP contribution in [0.25, 0.3) is 6.08 Å². The number of aliphatic hydroxyl groups excluding tert-OH is 1. The van der Waals surface area contributed by atoms with Crippen molar-refractivity contribution < 1.29 is 29.3 Å². The number of rotatable bonds is 9. The first kappa shape index (κ1) is 27.9. The van der Waals surface area contributed by atoms with Crippen LogP contribution in [0.1, 0.15) is 18.4 Å². The fourth-order valence-electron chi connectivity index (χ4n) is 3.68. The molecule has 0 saturated carbocycles. The van der Waals surface area contributed by atoms with Gasteiger partial charge in [0.2, 0.25) is 11.8 Å². The number of benzene rings is 2. The van der Waals surface area contributed by atoms with E-state index in [1.807, 2.05) is 30.3 Å². The van der Waals surface area contributed by atoms with Crippen LogP contribution in [0, 0.1) is 5.92 Å². The fourth-order valence-corrected chi connectivity index (χ4v) is 5.21. The van der Waals surface area contributed by atoms with E-state index in [0.29, 0.717) is 41.5 Å². The second-order valence-electron chi connectivity index (χ2n) is 8.05. The summed E-state index contributed by atoms with van der Waals surface area (Å²) in [5, 5.41) is 21.1. The van der Waals surface area contributed by atoms with E-state index in [0.717, 1.165) is 15.5 Å². The summed E-state index contributed by atoms with van der Waals surface area (Å²) in [4.78, 5) is 39.2. The molecular weight excluding hydrogens is 527 g/mol. The van der Waals surface area contributed by atoms with Crippen LogP contribution >= 0.6 is 35.0 Å². The summed E-state index contributed by atoms with van der Waals surface area (Å²) in [6.07, 6.45) is 3.80. The number of ether oxygens (including phenoxy) is 1. The number of carbonyl (C=O) groups excluding carboxylic acids is 2. The van der Waals surface area contributed by atoms with E-state index in [9.17, 15) is 14.4 Å². The fraction of sp³-hybridized carbons (Fsp3) is 0.320. The molecule has 1 aliphatic heterocycles. The van der Waals surface area contributed by atoms with Crippen LogP contribution < -0.4 is 10.1 Å². The second-order valence-corrected chi connectivity index (χ2v) is 9.89. The number of para-hydroxylation sites is 1. The summed E-state index contributed by atoms with van der Waals surface area (Å²) < 4.78 is 5.38. The van der Waals surface area contributed by atoms with Gasteiger partial charge in [0.25, 0.3) is 0 Å². The molecule has 0 aliphatic carbocycles. The summed E-state index contributed by atoms with van der Waals surface area (Å²) in [7, 11) is 1.60. The van der Waals surface area contributed by atoms with E-state index >= 15 is 0 Å². The maximum atomic E-state index is 12.7. The number of halogens is 2. The lowest BCUT2D eigenvalue weighted by Crippen LogP contribution is -2.48. The van der Waals surface area contributed by atoms with Crippen molar-refractivity contribution in [2.24, 2.45) is 5.92 Å². The molecule has 36 heavy (non-hydrogen) atoms. The number of carbonyl (C=O) groups is 3. The molecule has 1 aliphatic rings. The number of aliphatic hydroxyl groups is 1. The topological polar surface area (TPSA) is 116 Å². The molecule has 1 heterocycles. The highest BCUT2D eigenvalue weighted by Crippen LogP contribution is 2.42. The van der Waals surface area contributed by atoms with Crippen LogP contribution in [0.2, 0.25) is 10.0 Å². The number of carboxylic acids is 1. The number of amides is 2. The number of aliphatic carboxylic acids is 1. The number of likely N-dealkylation sites (tertiary alicyclic amines) is 1. The molecule has 3 rings (SSSR count). The normalized spacial score (nSPS) is 15.1. The van der Waals surface area contributed by atoms with Crippen LogP contribution in [0.15, 0.2) is 52.3 Å². The Balaban J connectivity index is 1.59. The van der Waals surface area contributed by atoms with Gasteiger partial charge in [0.1, 0.15) is 11.8 Å². The molecule has 0 unspecified atom stereocenters. The Hall–Kier alpha value is -2.72. The smallest absolute Gasteiger partial charge is 0.328 e. The van der Waals surface area contributed by atoms with Crippen molar-refractivity contribution in [1.82, 2.24) is 10.2 Å². The van der Waals surface area contributed by atoms with E-state index in [1.165, 1.54) is 17.8 Å². The van der Waals surface area contributed by atoms with Gasteiger partial charge in [0.05, 0.1) is 28.7 Å². The maximum absolute atomic E-state index is 12.7. The Morgan fingerprint density at radius 3 is 2.47 bits per heavy atom. The largest absolute Gasteiger partial charge is 0.496 e. The molecular formula is C25H26Cl2N2O6S. The number of carboxylic acid groups (broad SMARTS) is 1. The van der Waals surface area contributed by atoms with Crippen molar-refractivity contribution in [3.05, 3.63) is 58.1 Å². The monoisotopic (exact) mass is 552 g/mol. The SMILES string of the molecule is COc1ccccc1Sc1ccc(/C=C/C(=O)N2CCC(C(=O)N[C@@H](CO)C(=O)O)CC2)c(Cl)c1Cl. The van der Waals surface area contributed by atoms with Gasteiger partial charge in [-0.05, 0) is 42.7 Å². The van der Waals surface area contributed by atoms with Crippen LogP contribution in [0.4, 0.5) is 0 Å². The standard InChI is InChI=1S/C25H26Cl2N2O6S/c1-35-18-4-2-3-5-19(18)36-20-8-6-15(22(26)23(20)27)7-9-21(31)29-12-10-16(11-13-29)24(32)28-17(14-30)25(33)34/h2-9,16-17,30H,10-14H2,1H3,(H,28,32)(H,33,34)/b9-7+/t17-/m0/s1. The van der Waals surface area contributed by atoms with Crippen molar-refractivity contribution in [2.45, 2.75) is 28.7 Å². The minimum atomic E-state index is -1.34. The van der Waals surface area contributed by atoms with E-state index < -0.39 is 30.4 Å². The third-order valence-electron chi connectivity index (χ3n) is 5.75. The highest BCUT2D eigenvalue weighted by Gasteiger charge is 2.29. The average molecular weight is 553 g/mol. The number of methoxy groups -OCH3 is 1. The van der Waals surface area contributed by atoms with Gasteiger partial charge in [-0.15, -0.1) is 0 Å². The quantitative estimate of drug-likeness (QED) is 0.403. The zero-order chi connectivity index (χ0) is 26.2. The van der Waals surface area contributed by atoms with Gasteiger partial charge in [-0.3, -0.25) is 9.59 Å². The number of piperidine rings is 1. The van der Waals surface area contributed by atoms with Gasteiger partial charge in [-0.25, -0.2) is 4.79 Å². The van der Waals surface area contributed by atoms with Crippen LogP contribution in [0.5, 0.6) is 5.75 Å². The summed E-state index contributed by atoms with van der Waals surface area (Å²) >= 11 is 14.4. The molecule has 1 atom stereocenters. The van der Waals surface area contributed by atoms with E-state index in [-0.39, 0.29) is 5.91 Å². The molecule has 2 amide bonds. The Bertz CT molecular complexity index is 1150. The Morgan fingerprint density at radius 2 is 1.83 bits per heavy atom.